The van der Waals surface area contributed by atoms with Crippen molar-refractivity contribution in [3.63, 3.8) is 0 Å². The normalized spacial score (nSPS) is 22.9. The van der Waals surface area contributed by atoms with Crippen molar-refractivity contribution in [3.8, 4) is 0 Å². The molecule has 1 unspecified atom stereocenters. The highest BCUT2D eigenvalue weighted by molar-refractivity contribution is 8.00. The molecule has 1 aromatic heterocycles. The Morgan fingerprint density at radius 3 is 3.31 bits per heavy atom. The van der Waals surface area contributed by atoms with Gasteiger partial charge in [-0.15, -0.1) is 0 Å². The lowest BCUT2D eigenvalue weighted by atomic mass is 10.1. The Bertz CT molecular complexity index is 244. The second kappa shape index (κ2) is 4.63. The lowest BCUT2D eigenvalue weighted by Crippen LogP contribution is -2.33. The van der Waals surface area contributed by atoms with E-state index in [9.17, 15) is 0 Å². The first-order valence-corrected chi connectivity index (χ1v) is 5.71. The summed E-state index contributed by atoms with van der Waals surface area (Å²) in [6, 6.07) is 4.17. The van der Waals surface area contributed by atoms with Crippen LogP contribution in [0.3, 0.4) is 0 Å². The van der Waals surface area contributed by atoms with Gasteiger partial charge in [-0.3, -0.25) is 4.98 Å². The van der Waals surface area contributed by atoms with Crippen molar-refractivity contribution in [2.24, 2.45) is 0 Å². The molecular weight excluding hydrogens is 180 g/mol. The number of hydrogen-bond acceptors (Lipinski definition) is 3. The Balaban J connectivity index is 1.90. The molecule has 0 saturated carbocycles. The molecule has 0 bridgehead atoms. The van der Waals surface area contributed by atoms with Crippen molar-refractivity contribution in [1.82, 2.24) is 10.3 Å². The fourth-order valence-corrected chi connectivity index (χ4v) is 2.67. The van der Waals surface area contributed by atoms with E-state index in [0.29, 0.717) is 0 Å². The third-order valence-electron chi connectivity index (χ3n) is 2.19. The summed E-state index contributed by atoms with van der Waals surface area (Å²) < 4.78 is 0. The average molecular weight is 194 g/mol. The van der Waals surface area contributed by atoms with Gasteiger partial charge in [0.15, 0.2) is 0 Å². The van der Waals surface area contributed by atoms with Crippen LogP contribution in [0.25, 0.3) is 0 Å². The summed E-state index contributed by atoms with van der Waals surface area (Å²) in [6.45, 7) is 2.30. The highest BCUT2D eigenvalue weighted by atomic mass is 32.2. The molecule has 1 fully saturated rings. The van der Waals surface area contributed by atoms with Crippen LogP contribution in [-0.2, 0) is 6.42 Å². The van der Waals surface area contributed by atoms with Gasteiger partial charge in [0.25, 0.3) is 0 Å². The molecule has 0 amide bonds. The van der Waals surface area contributed by atoms with Crippen LogP contribution in [0.4, 0.5) is 0 Å². The summed E-state index contributed by atoms with van der Waals surface area (Å²) in [4.78, 5) is 4.12. The highest BCUT2D eigenvalue weighted by Gasteiger charge is 2.13. The number of rotatable bonds is 2. The van der Waals surface area contributed by atoms with Crippen LogP contribution in [0.5, 0.6) is 0 Å². The van der Waals surface area contributed by atoms with Crippen molar-refractivity contribution < 1.29 is 0 Å². The molecule has 2 rings (SSSR count). The molecule has 0 spiro atoms. The SMILES string of the molecule is c1cncc(CC2CNCCS2)c1. The maximum absolute atomic E-state index is 4.12. The molecule has 1 aliphatic heterocycles. The first-order chi connectivity index (χ1) is 6.45. The summed E-state index contributed by atoms with van der Waals surface area (Å²) in [5.74, 6) is 1.24. The van der Waals surface area contributed by atoms with Gasteiger partial charge in [0.05, 0.1) is 0 Å². The van der Waals surface area contributed by atoms with Crippen molar-refractivity contribution in [2.75, 3.05) is 18.8 Å². The predicted octanol–water partition coefficient (Wildman–Crippen LogP) is 1.33. The van der Waals surface area contributed by atoms with E-state index in [1.165, 1.54) is 11.3 Å². The summed E-state index contributed by atoms with van der Waals surface area (Å²) in [6.07, 6.45) is 4.94. The fraction of sp³-hybridized carbons (Fsp3) is 0.500. The van der Waals surface area contributed by atoms with E-state index in [2.05, 4.69) is 28.1 Å². The smallest absolute Gasteiger partial charge is 0.0300 e. The first-order valence-electron chi connectivity index (χ1n) is 4.66. The average Bonchev–Trinajstić information content (AvgIpc) is 2.21. The van der Waals surface area contributed by atoms with Gasteiger partial charge in [0.1, 0.15) is 0 Å². The number of aromatic nitrogens is 1. The molecule has 1 saturated heterocycles. The number of pyridine rings is 1. The maximum atomic E-state index is 4.12. The van der Waals surface area contributed by atoms with Crippen LogP contribution in [-0.4, -0.2) is 29.1 Å². The van der Waals surface area contributed by atoms with Crippen LogP contribution in [0.2, 0.25) is 0 Å². The number of thioether (sulfide) groups is 1. The lowest BCUT2D eigenvalue weighted by molar-refractivity contribution is 0.666. The van der Waals surface area contributed by atoms with Gasteiger partial charge >= 0.3 is 0 Å². The van der Waals surface area contributed by atoms with Crippen LogP contribution in [0, 0.1) is 0 Å². The molecule has 70 valence electrons. The molecule has 2 heterocycles. The summed E-state index contributed by atoms with van der Waals surface area (Å²) in [5.41, 5.74) is 1.35. The summed E-state index contributed by atoms with van der Waals surface area (Å²) >= 11 is 2.07. The maximum Gasteiger partial charge on any atom is 0.0300 e. The van der Waals surface area contributed by atoms with Gasteiger partial charge in [0, 0.05) is 36.5 Å². The van der Waals surface area contributed by atoms with E-state index in [-0.39, 0.29) is 0 Å². The Labute approximate surface area is 83.1 Å². The fourth-order valence-electron chi connectivity index (χ4n) is 1.53. The summed E-state index contributed by atoms with van der Waals surface area (Å²) in [5, 5.41) is 4.15. The monoisotopic (exact) mass is 194 g/mol. The molecule has 1 aliphatic rings. The van der Waals surface area contributed by atoms with E-state index in [1.807, 2.05) is 18.5 Å². The van der Waals surface area contributed by atoms with Gasteiger partial charge in [-0.25, -0.2) is 0 Å². The number of nitrogens with one attached hydrogen (secondary N) is 1. The van der Waals surface area contributed by atoms with Gasteiger partial charge in [0.2, 0.25) is 0 Å². The molecule has 3 heteroatoms. The third-order valence-corrected chi connectivity index (χ3v) is 3.44. The van der Waals surface area contributed by atoms with Crippen molar-refractivity contribution >= 4 is 11.8 Å². The minimum atomic E-state index is 0.734. The van der Waals surface area contributed by atoms with Crippen LogP contribution >= 0.6 is 11.8 Å². The molecule has 1 atom stereocenters. The van der Waals surface area contributed by atoms with E-state index in [1.54, 1.807) is 0 Å². The summed E-state index contributed by atoms with van der Waals surface area (Å²) in [7, 11) is 0. The molecule has 0 aliphatic carbocycles. The first kappa shape index (κ1) is 9.03. The second-order valence-electron chi connectivity index (χ2n) is 3.26. The zero-order valence-corrected chi connectivity index (χ0v) is 8.39. The Morgan fingerprint density at radius 1 is 1.62 bits per heavy atom. The zero-order chi connectivity index (χ0) is 8.93. The quantitative estimate of drug-likeness (QED) is 0.769. The molecule has 0 aromatic carbocycles. The largest absolute Gasteiger partial charge is 0.315 e. The van der Waals surface area contributed by atoms with E-state index in [4.69, 9.17) is 0 Å². The Kier molecular flexibility index (Phi) is 3.22. The van der Waals surface area contributed by atoms with Gasteiger partial charge in [-0.2, -0.15) is 11.8 Å². The number of hydrogen-bond donors (Lipinski definition) is 1. The molecule has 0 radical (unpaired) electrons. The zero-order valence-electron chi connectivity index (χ0n) is 7.57. The molecular formula is C10H14N2S. The lowest BCUT2D eigenvalue weighted by Gasteiger charge is -2.22. The minimum Gasteiger partial charge on any atom is -0.315 e. The second-order valence-corrected chi connectivity index (χ2v) is 4.67. The van der Waals surface area contributed by atoms with Gasteiger partial charge in [-0.05, 0) is 18.1 Å². The van der Waals surface area contributed by atoms with Crippen molar-refractivity contribution in [1.29, 1.82) is 0 Å². The van der Waals surface area contributed by atoms with Crippen LogP contribution in [0.15, 0.2) is 24.5 Å². The van der Waals surface area contributed by atoms with Crippen LogP contribution < -0.4 is 5.32 Å². The van der Waals surface area contributed by atoms with Crippen molar-refractivity contribution in [2.45, 2.75) is 11.7 Å². The highest BCUT2D eigenvalue weighted by Crippen LogP contribution is 2.17. The Hall–Kier alpha value is -0.540. The Morgan fingerprint density at radius 2 is 2.62 bits per heavy atom. The van der Waals surface area contributed by atoms with E-state index >= 15 is 0 Å². The topological polar surface area (TPSA) is 24.9 Å². The van der Waals surface area contributed by atoms with Crippen molar-refractivity contribution in [3.05, 3.63) is 30.1 Å². The minimum absolute atomic E-state index is 0.734. The predicted molar refractivity (Wildman–Crippen MR) is 57.1 cm³/mol. The molecule has 2 nitrogen and oxygen atoms in total. The van der Waals surface area contributed by atoms with Gasteiger partial charge < -0.3 is 5.32 Å². The standard InChI is InChI=1S/C10H14N2S/c1-2-9(7-11-3-1)6-10-8-12-4-5-13-10/h1-3,7,10,12H,4-6,8H2. The third kappa shape index (κ3) is 2.71. The van der Waals surface area contributed by atoms with E-state index in [0.717, 1.165) is 24.8 Å². The van der Waals surface area contributed by atoms with Crippen LogP contribution in [0.1, 0.15) is 5.56 Å². The molecule has 1 N–H and O–H groups in total. The van der Waals surface area contributed by atoms with E-state index < -0.39 is 0 Å². The number of nitrogens with zero attached hydrogens (tertiary/aromatic N) is 1. The van der Waals surface area contributed by atoms with Gasteiger partial charge in [-0.1, -0.05) is 6.07 Å². The molecule has 1 aromatic rings. The molecule has 13 heavy (non-hydrogen) atoms.